The topological polar surface area (TPSA) is 97.6 Å². The van der Waals surface area contributed by atoms with Gasteiger partial charge in [0.15, 0.2) is 0 Å². The minimum Gasteiger partial charge on any atom is -0.467 e. The number of hydrogen-bond donors (Lipinski definition) is 2. The molecule has 0 fully saturated rings. The van der Waals surface area contributed by atoms with Gasteiger partial charge in [0.2, 0.25) is 0 Å². The third-order valence-corrected chi connectivity index (χ3v) is 6.43. The number of carbonyl (C=O) groups excluding carboxylic acids is 1. The molecule has 1 heterocycles. The molecular formula is C26H23FN2O5S. The predicted octanol–water partition coefficient (Wildman–Crippen LogP) is 4.87. The van der Waals surface area contributed by atoms with Gasteiger partial charge in [-0.25, -0.2) is 12.8 Å². The second kappa shape index (κ2) is 11.0. The summed E-state index contributed by atoms with van der Waals surface area (Å²) in [4.78, 5) is 12.5. The summed E-state index contributed by atoms with van der Waals surface area (Å²) in [6.07, 6.45) is 1.59. The van der Waals surface area contributed by atoms with E-state index in [9.17, 15) is 17.6 Å². The highest BCUT2D eigenvalue weighted by molar-refractivity contribution is 7.92. The summed E-state index contributed by atoms with van der Waals surface area (Å²) in [5.41, 5.74) is 1.80. The Kier molecular flexibility index (Phi) is 7.59. The molecule has 3 aromatic carbocycles. The number of nitrogens with one attached hydrogen (secondary N) is 2. The molecule has 0 spiro atoms. The van der Waals surface area contributed by atoms with Crippen LogP contribution in [0.3, 0.4) is 0 Å². The van der Waals surface area contributed by atoms with E-state index >= 15 is 0 Å². The number of anilines is 1. The number of ether oxygens (including phenoxy) is 1. The Hall–Kier alpha value is -3.95. The van der Waals surface area contributed by atoms with Crippen molar-refractivity contribution in [2.75, 3.05) is 4.72 Å². The summed E-state index contributed by atoms with van der Waals surface area (Å²) < 4.78 is 52.3. The fraction of sp³-hybridized carbons (Fsp3) is 0.115. The Morgan fingerprint density at radius 1 is 0.886 bits per heavy atom. The molecule has 4 rings (SSSR count). The van der Waals surface area contributed by atoms with E-state index in [0.717, 1.165) is 23.0 Å². The van der Waals surface area contributed by atoms with Crippen LogP contribution in [0, 0.1) is 5.82 Å². The minimum absolute atomic E-state index is 0.149. The molecule has 1 aromatic heterocycles. The lowest BCUT2D eigenvalue weighted by atomic mass is 10.1. The van der Waals surface area contributed by atoms with Gasteiger partial charge in [0.1, 0.15) is 18.2 Å². The highest BCUT2D eigenvalue weighted by Gasteiger charge is 2.18. The van der Waals surface area contributed by atoms with Gasteiger partial charge in [0.05, 0.1) is 23.5 Å². The van der Waals surface area contributed by atoms with Gasteiger partial charge in [-0.1, -0.05) is 42.5 Å². The molecular weight excluding hydrogens is 471 g/mol. The molecule has 0 radical (unpaired) electrons. The molecule has 0 aliphatic rings. The minimum atomic E-state index is -4.08. The van der Waals surface area contributed by atoms with Crippen LogP contribution in [-0.2, 0) is 34.5 Å². The Labute approximate surface area is 202 Å². The van der Waals surface area contributed by atoms with Crippen LogP contribution in [0.25, 0.3) is 0 Å². The van der Waals surface area contributed by atoms with Crippen molar-refractivity contribution < 1.29 is 26.8 Å². The molecule has 0 atom stereocenters. The summed E-state index contributed by atoms with van der Waals surface area (Å²) in [5, 5.41) is 2.79. The number of furan rings is 1. The van der Waals surface area contributed by atoms with Gasteiger partial charge in [-0.15, -0.1) is 0 Å². The fourth-order valence-electron chi connectivity index (χ4n) is 3.33. The van der Waals surface area contributed by atoms with E-state index in [0.29, 0.717) is 13.2 Å². The largest absolute Gasteiger partial charge is 0.467 e. The molecule has 2 N–H and O–H groups in total. The molecule has 4 aromatic rings. The molecule has 0 saturated carbocycles. The maximum Gasteiger partial charge on any atom is 0.262 e. The normalized spacial score (nSPS) is 11.2. The Morgan fingerprint density at radius 3 is 2.49 bits per heavy atom. The number of benzene rings is 3. The number of carbonyl (C=O) groups is 1. The second-order valence-electron chi connectivity index (χ2n) is 7.69. The maximum atomic E-state index is 13.9. The van der Waals surface area contributed by atoms with Crippen LogP contribution in [0.1, 0.15) is 27.2 Å². The molecule has 9 heteroatoms. The van der Waals surface area contributed by atoms with Crippen molar-refractivity contribution in [1.29, 1.82) is 0 Å². The van der Waals surface area contributed by atoms with Crippen LogP contribution < -0.4 is 10.0 Å². The van der Waals surface area contributed by atoms with E-state index in [1.54, 1.807) is 12.3 Å². The summed E-state index contributed by atoms with van der Waals surface area (Å²) in [5.74, 6) is -0.396. The van der Waals surface area contributed by atoms with Crippen LogP contribution in [0.15, 0.2) is 101 Å². The Bertz CT molecular complexity index is 1400. The second-order valence-corrected chi connectivity index (χ2v) is 9.37. The average molecular weight is 495 g/mol. The molecule has 1 amide bonds. The maximum absolute atomic E-state index is 13.9. The van der Waals surface area contributed by atoms with E-state index < -0.39 is 21.7 Å². The third-order valence-electron chi connectivity index (χ3n) is 5.06. The summed E-state index contributed by atoms with van der Waals surface area (Å²) in [6, 6.07) is 22.2. The smallest absolute Gasteiger partial charge is 0.262 e. The number of amides is 1. The number of para-hydroxylation sites is 1. The van der Waals surface area contributed by atoms with Crippen LogP contribution in [0.5, 0.6) is 0 Å². The summed E-state index contributed by atoms with van der Waals surface area (Å²) in [7, 11) is -4.08. The first-order valence-corrected chi connectivity index (χ1v) is 12.2. The van der Waals surface area contributed by atoms with Crippen molar-refractivity contribution in [1.82, 2.24) is 5.32 Å². The number of rotatable bonds is 10. The number of hydrogen-bond acceptors (Lipinski definition) is 5. The van der Waals surface area contributed by atoms with Gasteiger partial charge in [-0.2, -0.15) is 0 Å². The number of halogens is 1. The first-order valence-electron chi connectivity index (χ1n) is 10.7. The molecule has 0 bridgehead atoms. The highest BCUT2D eigenvalue weighted by atomic mass is 32.2. The van der Waals surface area contributed by atoms with E-state index in [1.807, 2.05) is 30.3 Å². The van der Waals surface area contributed by atoms with E-state index in [4.69, 9.17) is 9.15 Å². The lowest BCUT2D eigenvalue weighted by molar-refractivity contribution is 0.0928. The van der Waals surface area contributed by atoms with Crippen molar-refractivity contribution in [2.45, 2.75) is 24.7 Å². The zero-order chi connectivity index (χ0) is 24.7. The SMILES string of the molecule is O=C(NCc1cccc(COCc2ccco2)c1)c1cccc(S(=O)(=O)Nc2ccccc2F)c1. The molecule has 35 heavy (non-hydrogen) atoms. The van der Waals surface area contributed by atoms with Gasteiger partial charge in [0.25, 0.3) is 15.9 Å². The monoisotopic (exact) mass is 494 g/mol. The van der Waals surface area contributed by atoms with Crippen molar-refractivity contribution >= 4 is 21.6 Å². The molecule has 0 saturated heterocycles. The Morgan fingerprint density at radius 2 is 1.69 bits per heavy atom. The number of sulfonamides is 1. The van der Waals surface area contributed by atoms with E-state index in [-0.39, 0.29) is 22.7 Å². The molecule has 180 valence electrons. The fourth-order valence-corrected chi connectivity index (χ4v) is 4.44. The van der Waals surface area contributed by atoms with Crippen molar-refractivity contribution in [3.8, 4) is 0 Å². The van der Waals surface area contributed by atoms with E-state index in [2.05, 4.69) is 10.0 Å². The van der Waals surface area contributed by atoms with Gasteiger partial charge < -0.3 is 14.5 Å². The molecule has 7 nitrogen and oxygen atoms in total. The predicted molar refractivity (Wildman–Crippen MR) is 128 cm³/mol. The first kappa shape index (κ1) is 24.2. The molecule has 0 aliphatic heterocycles. The quantitative estimate of drug-likeness (QED) is 0.328. The standard InChI is InChI=1S/C26H23FN2O5S/c27-24-11-1-2-12-25(24)29-35(31,32)23-10-4-8-21(15-23)26(30)28-16-19-6-3-7-20(14-19)17-33-18-22-9-5-13-34-22/h1-15,29H,16-18H2,(H,28,30). The van der Waals surface area contributed by atoms with Gasteiger partial charge in [-0.05, 0) is 53.6 Å². The first-order chi connectivity index (χ1) is 16.9. The van der Waals surface area contributed by atoms with Crippen molar-refractivity contribution in [3.63, 3.8) is 0 Å². The average Bonchev–Trinajstić information content (AvgIpc) is 3.38. The highest BCUT2D eigenvalue weighted by Crippen LogP contribution is 2.20. The van der Waals surface area contributed by atoms with Gasteiger partial charge in [-0.3, -0.25) is 9.52 Å². The van der Waals surface area contributed by atoms with Crippen LogP contribution in [0.4, 0.5) is 10.1 Å². The van der Waals surface area contributed by atoms with Crippen LogP contribution >= 0.6 is 0 Å². The lowest BCUT2D eigenvalue weighted by Gasteiger charge is -2.11. The van der Waals surface area contributed by atoms with Gasteiger partial charge in [0, 0.05) is 12.1 Å². The molecule has 0 unspecified atom stereocenters. The summed E-state index contributed by atoms with van der Waals surface area (Å²) >= 11 is 0. The van der Waals surface area contributed by atoms with Gasteiger partial charge >= 0.3 is 0 Å². The zero-order valence-electron chi connectivity index (χ0n) is 18.6. The van der Waals surface area contributed by atoms with Crippen molar-refractivity contribution in [2.24, 2.45) is 0 Å². The Balaban J connectivity index is 1.36. The van der Waals surface area contributed by atoms with Crippen molar-refractivity contribution in [3.05, 3.63) is 119 Å². The zero-order valence-corrected chi connectivity index (χ0v) is 19.4. The van der Waals surface area contributed by atoms with E-state index in [1.165, 1.54) is 42.5 Å². The van der Waals surface area contributed by atoms with Crippen LogP contribution in [0.2, 0.25) is 0 Å². The lowest BCUT2D eigenvalue weighted by Crippen LogP contribution is -2.23. The summed E-state index contributed by atoms with van der Waals surface area (Å²) in [6.45, 7) is 0.992. The molecule has 0 aliphatic carbocycles. The third kappa shape index (κ3) is 6.56. The van der Waals surface area contributed by atoms with Crippen LogP contribution in [-0.4, -0.2) is 14.3 Å².